The van der Waals surface area contributed by atoms with E-state index in [9.17, 15) is 4.39 Å². The molecule has 0 fully saturated rings. The number of halogens is 3. The fraction of sp³-hybridized carbons (Fsp3) is 0.250. The summed E-state index contributed by atoms with van der Waals surface area (Å²) in [4.78, 5) is 6.58. The van der Waals surface area contributed by atoms with Gasteiger partial charge >= 0.3 is 0 Å². The second kappa shape index (κ2) is 6.47. The molecule has 0 amide bonds. The van der Waals surface area contributed by atoms with Crippen molar-refractivity contribution in [1.82, 2.24) is 0 Å². The lowest BCUT2D eigenvalue weighted by Gasteiger charge is -2.40. The van der Waals surface area contributed by atoms with Gasteiger partial charge in [-0.2, -0.15) is 0 Å². The molecular weight excluding hydrogens is 358 g/mol. The molecule has 1 aliphatic rings. The van der Waals surface area contributed by atoms with Crippen molar-refractivity contribution in [3.63, 3.8) is 0 Å². The van der Waals surface area contributed by atoms with E-state index in [2.05, 4.69) is 43.8 Å². The Hall–Kier alpha value is -1.84. The molecule has 2 aromatic rings. The summed E-state index contributed by atoms with van der Waals surface area (Å²) in [7, 11) is 2.06. The van der Waals surface area contributed by atoms with E-state index in [1.165, 1.54) is 17.7 Å². The molecule has 1 aliphatic heterocycles. The monoisotopic (exact) mass is 376 g/mol. The topological polar surface area (TPSA) is 15.6 Å². The number of hydrogen-bond donors (Lipinski definition) is 0. The van der Waals surface area contributed by atoms with Gasteiger partial charge in [0.2, 0.25) is 0 Å². The fourth-order valence-electron chi connectivity index (χ4n) is 3.00. The normalized spacial score (nSPS) is 16.1. The maximum absolute atomic E-state index is 13.2. The number of anilines is 1. The number of fused-ring (bicyclic) bond motifs is 1. The minimum Gasteiger partial charge on any atom is -0.365 e. The van der Waals surface area contributed by atoms with Gasteiger partial charge in [-0.05, 0) is 56.7 Å². The summed E-state index contributed by atoms with van der Waals surface area (Å²) in [6.45, 7) is 6.43. The van der Waals surface area contributed by atoms with Crippen molar-refractivity contribution in [2.45, 2.75) is 26.3 Å². The van der Waals surface area contributed by atoms with Crippen LogP contribution in [0.25, 0.3) is 5.57 Å². The van der Waals surface area contributed by atoms with Gasteiger partial charge in [0, 0.05) is 30.1 Å². The minimum atomic E-state index is -0.459. The number of benzene rings is 2. The maximum Gasteiger partial charge on any atom is 0.141 e. The Balaban J connectivity index is 2.01. The molecule has 0 unspecified atom stereocenters. The predicted molar refractivity (Wildman–Crippen MR) is 106 cm³/mol. The summed E-state index contributed by atoms with van der Waals surface area (Å²) in [6, 6.07) is 8.36. The molecule has 0 spiro atoms. The van der Waals surface area contributed by atoms with Gasteiger partial charge in [0.1, 0.15) is 5.82 Å². The van der Waals surface area contributed by atoms with E-state index in [0.717, 1.165) is 16.8 Å². The highest BCUT2D eigenvalue weighted by molar-refractivity contribution is 6.33. The van der Waals surface area contributed by atoms with Crippen LogP contribution in [-0.2, 0) is 0 Å². The van der Waals surface area contributed by atoms with Crippen LogP contribution < -0.4 is 4.90 Å². The Morgan fingerprint density at radius 3 is 2.52 bits per heavy atom. The first-order valence-corrected chi connectivity index (χ1v) is 8.71. The average molecular weight is 377 g/mol. The van der Waals surface area contributed by atoms with Crippen LogP contribution in [0.15, 0.2) is 41.4 Å². The Bertz CT molecular complexity index is 901. The van der Waals surface area contributed by atoms with Crippen molar-refractivity contribution < 1.29 is 4.39 Å². The van der Waals surface area contributed by atoms with Gasteiger partial charge < -0.3 is 4.90 Å². The standard InChI is InChI=1S/C20H19Cl2FN2/c1-12-10-20(2,3)25(4)19-9-16(21)13(7-15(12)19)11-24-14-5-6-18(23)17(22)8-14/h5-11H,1-4H3. The lowest BCUT2D eigenvalue weighted by Crippen LogP contribution is -2.42. The van der Waals surface area contributed by atoms with E-state index in [4.69, 9.17) is 23.2 Å². The van der Waals surface area contributed by atoms with Crippen LogP contribution in [0, 0.1) is 5.82 Å². The average Bonchev–Trinajstić information content (AvgIpc) is 2.54. The largest absolute Gasteiger partial charge is 0.365 e. The van der Waals surface area contributed by atoms with Gasteiger partial charge in [-0.1, -0.05) is 29.3 Å². The third kappa shape index (κ3) is 3.44. The van der Waals surface area contributed by atoms with Gasteiger partial charge in [0.05, 0.1) is 21.3 Å². The van der Waals surface area contributed by atoms with Crippen LogP contribution in [0.1, 0.15) is 31.9 Å². The SMILES string of the molecule is CC1=CC(C)(C)N(C)c2cc(Cl)c(C=Nc3ccc(F)c(Cl)c3)cc21. The second-order valence-corrected chi connectivity index (χ2v) is 7.60. The summed E-state index contributed by atoms with van der Waals surface area (Å²) in [5.41, 5.74) is 4.74. The van der Waals surface area contributed by atoms with Crippen LogP contribution in [0.3, 0.4) is 0 Å². The Morgan fingerprint density at radius 2 is 1.84 bits per heavy atom. The Labute approximate surface area is 157 Å². The first kappa shape index (κ1) is 18.0. The van der Waals surface area contributed by atoms with E-state index < -0.39 is 5.82 Å². The predicted octanol–water partition coefficient (Wildman–Crippen LogP) is 6.51. The van der Waals surface area contributed by atoms with E-state index in [1.54, 1.807) is 12.3 Å². The van der Waals surface area contributed by atoms with Gasteiger partial charge in [-0.15, -0.1) is 0 Å². The first-order chi connectivity index (χ1) is 11.7. The molecule has 0 atom stereocenters. The summed E-state index contributed by atoms with van der Waals surface area (Å²) < 4.78 is 13.2. The summed E-state index contributed by atoms with van der Waals surface area (Å²) in [5, 5.41) is 0.668. The van der Waals surface area contributed by atoms with Crippen LogP contribution >= 0.6 is 23.2 Å². The number of likely N-dealkylation sites (N-methyl/N-ethyl adjacent to an activating group) is 1. The number of allylic oxidation sites excluding steroid dienone is 1. The molecule has 2 nitrogen and oxygen atoms in total. The van der Waals surface area contributed by atoms with Gasteiger partial charge in [0.15, 0.2) is 0 Å². The second-order valence-electron chi connectivity index (χ2n) is 6.79. The van der Waals surface area contributed by atoms with Gasteiger partial charge in [-0.3, -0.25) is 4.99 Å². The molecule has 2 aromatic carbocycles. The zero-order valence-electron chi connectivity index (χ0n) is 14.6. The van der Waals surface area contributed by atoms with Crippen LogP contribution in [0.4, 0.5) is 15.8 Å². The lowest BCUT2D eigenvalue weighted by molar-refractivity contribution is 0.598. The number of aliphatic imine (C=N–C) groups is 1. The van der Waals surface area contributed by atoms with Crippen molar-refractivity contribution in [3.8, 4) is 0 Å². The van der Waals surface area contributed by atoms with Gasteiger partial charge in [0.25, 0.3) is 0 Å². The quantitative estimate of drug-likeness (QED) is 0.545. The van der Waals surface area contributed by atoms with Crippen molar-refractivity contribution in [1.29, 1.82) is 0 Å². The third-order valence-electron chi connectivity index (χ3n) is 4.59. The van der Waals surface area contributed by atoms with Crippen LogP contribution in [-0.4, -0.2) is 18.8 Å². The van der Waals surface area contributed by atoms with Gasteiger partial charge in [-0.25, -0.2) is 4.39 Å². The lowest BCUT2D eigenvalue weighted by atomic mass is 9.88. The molecule has 0 saturated heterocycles. The smallest absolute Gasteiger partial charge is 0.141 e. The summed E-state index contributed by atoms with van der Waals surface area (Å²) >= 11 is 12.3. The third-order valence-corrected chi connectivity index (χ3v) is 5.21. The number of hydrogen-bond acceptors (Lipinski definition) is 2. The van der Waals surface area contributed by atoms with E-state index in [1.807, 2.05) is 12.1 Å². The summed E-state index contributed by atoms with van der Waals surface area (Å²) in [6.07, 6.45) is 3.92. The minimum absolute atomic E-state index is 0.0498. The number of rotatable bonds is 2. The van der Waals surface area contributed by atoms with Crippen molar-refractivity contribution in [3.05, 3.63) is 63.4 Å². The van der Waals surface area contributed by atoms with E-state index >= 15 is 0 Å². The van der Waals surface area contributed by atoms with Crippen molar-refractivity contribution >= 4 is 46.4 Å². The van der Waals surface area contributed by atoms with Crippen molar-refractivity contribution in [2.75, 3.05) is 11.9 Å². The molecule has 0 bridgehead atoms. The van der Waals surface area contributed by atoms with Crippen molar-refractivity contribution in [2.24, 2.45) is 4.99 Å². The zero-order chi connectivity index (χ0) is 18.4. The molecule has 0 N–H and O–H groups in total. The van der Waals surface area contributed by atoms with Crippen LogP contribution in [0.2, 0.25) is 10.0 Å². The molecule has 25 heavy (non-hydrogen) atoms. The highest BCUT2D eigenvalue weighted by atomic mass is 35.5. The highest BCUT2D eigenvalue weighted by Gasteiger charge is 2.29. The first-order valence-electron chi connectivity index (χ1n) is 7.95. The van der Waals surface area contributed by atoms with E-state index in [-0.39, 0.29) is 10.6 Å². The Morgan fingerprint density at radius 1 is 1.12 bits per heavy atom. The molecular formula is C20H19Cl2FN2. The number of nitrogens with zero attached hydrogens (tertiary/aromatic N) is 2. The molecule has 0 radical (unpaired) electrons. The van der Waals surface area contributed by atoms with Crippen LogP contribution in [0.5, 0.6) is 0 Å². The molecule has 5 heteroatoms. The molecule has 0 saturated carbocycles. The molecule has 3 rings (SSSR count). The fourth-order valence-corrected chi connectivity index (χ4v) is 3.38. The van der Waals surface area contributed by atoms with E-state index in [0.29, 0.717) is 10.7 Å². The highest BCUT2D eigenvalue weighted by Crippen LogP contribution is 2.40. The Kier molecular flexibility index (Phi) is 4.65. The molecule has 0 aromatic heterocycles. The zero-order valence-corrected chi connectivity index (χ0v) is 16.1. The summed E-state index contributed by atoms with van der Waals surface area (Å²) in [5.74, 6) is -0.459. The molecule has 0 aliphatic carbocycles. The molecule has 1 heterocycles. The molecule has 130 valence electrons. The maximum atomic E-state index is 13.2.